The minimum absolute atomic E-state index is 0.0179. The molecule has 8 atom stereocenters. The molecule has 0 spiro atoms. The van der Waals surface area contributed by atoms with E-state index in [1.54, 1.807) is 10.9 Å². The van der Waals surface area contributed by atoms with Gasteiger partial charge in [-0.1, -0.05) is 13.8 Å². The number of aliphatic hydroxyl groups is 1. The van der Waals surface area contributed by atoms with E-state index in [0.29, 0.717) is 30.7 Å². The molecule has 0 amide bonds. The molecule has 4 saturated carbocycles. The van der Waals surface area contributed by atoms with Gasteiger partial charge in [0.15, 0.2) is 11.4 Å². The van der Waals surface area contributed by atoms with Crippen LogP contribution in [0.25, 0.3) is 0 Å². The average molecular weight is 453 g/mol. The fourth-order valence-corrected chi connectivity index (χ4v) is 8.70. The van der Waals surface area contributed by atoms with Gasteiger partial charge in [0.1, 0.15) is 0 Å². The van der Waals surface area contributed by atoms with Crippen LogP contribution in [0.1, 0.15) is 71.6 Å². The minimum atomic E-state index is -4.55. The smallest absolute Gasteiger partial charge is 0.380 e. The SMILES string of the molecule is C[C@]12CC[C@H]3[C@@H](CCC4CC(O)(C(F)(F)F)CC[C@@]43C)[C@@H]1CC[C@@H]2C(=O)Cn1cccn1. The molecule has 178 valence electrons. The Labute approximate surface area is 187 Å². The largest absolute Gasteiger partial charge is 0.417 e. The lowest BCUT2D eigenvalue weighted by Gasteiger charge is -2.62. The molecule has 0 radical (unpaired) electrons. The molecular formula is C25H35F3N2O2. The van der Waals surface area contributed by atoms with Crippen molar-refractivity contribution in [2.45, 2.75) is 90.0 Å². The molecule has 32 heavy (non-hydrogen) atoms. The van der Waals surface area contributed by atoms with Crippen LogP contribution < -0.4 is 0 Å². The van der Waals surface area contributed by atoms with Crippen LogP contribution in [-0.2, 0) is 11.3 Å². The lowest BCUT2D eigenvalue weighted by atomic mass is 9.43. The maximum Gasteiger partial charge on any atom is 0.417 e. The Balaban J connectivity index is 1.34. The molecule has 0 bridgehead atoms. The molecule has 2 unspecified atom stereocenters. The van der Waals surface area contributed by atoms with E-state index < -0.39 is 11.8 Å². The number of carbonyl (C=O) groups excluding carboxylic acids is 1. The molecule has 4 aliphatic rings. The van der Waals surface area contributed by atoms with E-state index in [2.05, 4.69) is 18.9 Å². The molecule has 1 aromatic heterocycles. The maximum atomic E-state index is 13.5. The number of carbonyl (C=O) groups is 1. The van der Waals surface area contributed by atoms with E-state index in [-0.39, 0.29) is 41.3 Å². The summed E-state index contributed by atoms with van der Waals surface area (Å²) >= 11 is 0. The van der Waals surface area contributed by atoms with Crippen molar-refractivity contribution in [2.75, 3.05) is 0 Å². The van der Waals surface area contributed by atoms with Crippen molar-refractivity contribution in [3.63, 3.8) is 0 Å². The summed E-state index contributed by atoms with van der Waals surface area (Å²) in [6, 6.07) is 1.83. The summed E-state index contributed by atoms with van der Waals surface area (Å²) in [5.74, 6) is 1.59. The Morgan fingerprint density at radius 3 is 2.50 bits per heavy atom. The fourth-order valence-electron chi connectivity index (χ4n) is 8.70. The van der Waals surface area contributed by atoms with Crippen molar-refractivity contribution in [1.82, 2.24) is 9.78 Å². The summed E-state index contributed by atoms with van der Waals surface area (Å²) in [5, 5.41) is 14.6. The van der Waals surface area contributed by atoms with Crippen molar-refractivity contribution in [3.8, 4) is 0 Å². The number of halogens is 3. The second-order valence-corrected chi connectivity index (χ2v) is 11.7. The van der Waals surface area contributed by atoms with Crippen LogP contribution >= 0.6 is 0 Å². The normalized spacial score (nSPS) is 46.2. The Kier molecular flexibility index (Phi) is 5.12. The third-order valence-corrected chi connectivity index (χ3v) is 10.5. The Hall–Kier alpha value is -1.37. The second kappa shape index (κ2) is 7.31. The summed E-state index contributed by atoms with van der Waals surface area (Å²) < 4.78 is 42.3. The van der Waals surface area contributed by atoms with Gasteiger partial charge in [-0.3, -0.25) is 9.48 Å². The zero-order chi connectivity index (χ0) is 22.9. The molecule has 0 aromatic carbocycles. The van der Waals surface area contributed by atoms with Crippen molar-refractivity contribution in [1.29, 1.82) is 0 Å². The highest BCUT2D eigenvalue weighted by atomic mass is 19.4. The van der Waals surface area contributed by atoms with Crippen LogP contribution in [0, 0.1) is 40.4 Å². The molecular weight excluding hydrogens is 417 g/mol. The number of ketones is 1. The van der Waals surface area contributed by atoms with Crippen molar-refractivity contribution < 1.29 is 23.1 Å². The Morgan fingerprint density at radius 2 is 1.81 bits per heavy atom. The number of hydrogen-bond donors (Lipinski definition) is 1. The van der Waals surface area contributed by atoms with Gasteiger partial charge < -0.3 is 5.11 Å². The fraction of sp³-hybridized carbons (Fsp3) is 0.840. The van der Waals surface area contributed by atoms with Gasteiger partial charge in [-0.15, -0.1) is 0 Å². The van der Waals surface area contributed by atoms with Crippen LogP contribution in [0.5, 0.6) is 0 Å². The van der Waals surface area contributed by atoms with Crippen molar-refractivity contribution >= 4 is 5.78 Å². The summed E-state index contributed by atoms with van der Waals surface area (Å²) in [5.41, 5.74) is -2.68. The van der Waals surface area contributed by atoms with Gasteiger partial charge in [0.25, 0.3) is 0 Å². The monoisotopic (exact) mass is 452 g/mol. The summed E-state index contributed by atoms with van der Waals surface area (Å²) in [6.07, 6.45) is 4.69. The molecule has 1 aromatic rings. The van der Waals surface area contributed by atoms with E-state index in [4.69, 9.17) is 0 Å². The Morgan fingerprint density at radius 1 is 1.06 bits per heavy atom. The zero-order valence-corrected chi connectivity index (χ0v) is 19.1. The number of alkyl halides is 3. The highest BCUT2D eigenvalue weighted by Crippen LogP contribution is 2.68. The van der Waals surface area contributed by atoms with Gasteiger partial charge in [0.2, 0.25) is 0 Å². The predicted octanol–water partition coefficient (Wildman–Crippen LogP) is 5.40. The van der Waals surface area contributed by atoms with Gasteiger partial charge in [-0.05, 0) is 98.4 Å². The molecule has 5 rings (SSSR count). The number of rotatable bonds is 3. The van der Waals surface area contributed by atoms with Crippen LogP contribution in [0.15, 0.2) is 18.5 Å². The average Bonchev–Trinajstić information content (AvgIpc) is 3.34. The van der Waals surface area contributed by atoms with Crippen LogP contribution in [0.2, 0.25) is 0 Å². The third-order valence-electron chi connectivity index (χ3n) is 10.5. The van der Waals surface area contributed by atoms with Gasteiger partial charge in [-0.2, -0.15) is 18.3 Å². The van der Waals surface area contributed by atoms with E-state index in [0.717, 1.165) is 38.5 Å². The first-order chi connectivity index (χ1) is 15.0. The van der Waals surface area contributed by atoms with Crippen molar-refractivity contribution in [3.05, 3.63) is 18.5 Å². The van der Waals surface area contributed by atoms with Crippen LogP contribution in [0.4, 0.5) is 13.2 Å². The summed E-state index contributed by atoms with van der Waals surface area (Å²) in [7, 11) is 0. The van der Waals surface area contributed by atoms with Gasteiger partial charge in [0, 0.05) is 18.3 Å². The number of Topliss-reactive ketones (excluding diaryl/α,β-unsaturated/α-hetero) is 1. The lowest BCUT2D eigenvalue weighted by molar-refractivity contribution is -0.290. The Bertz CT molecular complexity index is 871. The quantitative estimate of drug-likeness (QED) is 0.668. The topological polar surface area (TPSA) is 55.1 Å². The van der Waals surface area contributed by atoms with Gasteiger partial charge >= 0.3 is 6.18 Å². The first kappa shape index (κ1) is 22.4. The van der Waals surface area contributed by atoms with Crippen LogP contribution in [0.3, 0.4) is 0 Å². The molecule has 4 fully saturated rings. The molecule has 4 nitrogen and oxygen atoms in total. The van der Waals surface area contributed by atoms with E-state index in [1.165, 1.54) is 0 Å². The molecule has 7 heteroatoms. The molecule has 1 heterocycles. The zero-order valence-electron chi connectivity index (χ0n) is 19.1. The molecule has 0 saturated heterocycles. The number of fused-ring (bicyclic) bond motifs is 5. The highest BCUT2D eigenvalue weighted by Gasteiger charge is 2.65. The standard InChI is InChI=1S/C25H35F3N2O2/c1-22-10-11-24(32,25(26,27)28)14-16(22)4-5-17-18-6-7-20(23(18,2)9-8-19(17)22)21(31)15-30-13-3-12-29-30/h3,12-13,16-20,32H,4-11,14-15H2,1-2H3/t16?,17-,18-,19-,20+,22-,23-,24?/m0/s1. The van der Waals surface area contributed by atoms with Gasteiger partial charge in [0.05, 0.1) is 6.54 Å². The minimum Gasteiger partial charge on any atom is -0.380 e. The maximum absolute atomic E-state index is 13.5. The molecule has 1 N–H and O–H groups in total. The predicted molar refractivity (Wildman–Crippen MR) is 113 cm³/mol. The third kappa shape index (κ3) is 3.20. The van der Waals surface area contributed by atoms with Crippen LogP contribution in [-0.4, -0.2) is 32.4 Å². The number of nitrogens with zero attached hydrogens (tertiary/aromatic N) is 2. The summed E-state index contributed by atoms with van der Waals surface area (Å²) in [6.45, 7) is 4.82. The number of hydrogen-bond acceptors (Lipinski definition) is 3. The van der Waals surface area contributed by atoms with Gasteiger partial charge in [-0.25, -0.2) is 0 Å². The lowest BCUT2D eigenvalue weighted by Crippen LogP contribution is -2.59. The first-order valence-corrected chi connectivity index (χ1v) is 12.3. The number of aromatic nitrogens is 2. The van der Waals surface area contributed by atoms with E-state index >= 15 is 0 Å². The van der Waals surface area contributed by atoms with E-state index in [1.807, 2.05) is 12.3 Å². The first-order valence-electron chi connectivity index (χ1n) is 12.3. The molecule has 4 aliphatic carbocycles. The van der Waals surface area contributed by atoms with E-state index in [9.17, 15) is 23.1 Å². The summed E-state index contributed by atoms with van der Waals surface area (Å²) in [4.78, 5) is 13.2. The second-order valence-electron chi connectivity index (χ2n) is 11.7. The van der Waals surface area contributed by atoms with Crippen molar-refractivity contribution in [2.24, 2.45) is 40.4 Å². The molecule has 0 aliphatic heterocycles. The highest BCUT2D eigenvalue weighted by molar-refractivity contribution is 5.82.